The number of methoxy groups -OCH3 is 1. The molecule has 2 aliphatic rings. The van der Waals surface area contributed by atoms with Crippen LogP contribution in [0.3, 0.4) is 0 Å². The van der Waals surface area contributed by atoms with Crippen molar-refractivity contribution >= 4 is 47.1 Å². The number of hydrogen-bond acceptors (Lipinski definition) is 8. The molecule has 1 aliphatic heterocycles. The molecule has 0 fully saturated rings. The number of carbonyl (C=O) groups excluding carboxylic acids is 4. The maximum absolute atomic E-state index is 13.7. The number of Topliss-reactive ketones (excluding diaryl/α,β-unsaturated/α-hetero) is 1. The van der Waals surface area contributed by atoms with Crippen LogP contribution in [-0.4, -0.2) is 77.5 Å². The Balaban J connectivity index is 1.80. The number of benzene rings is 2. The number of nitrogens with one attached hydrogen (secondary N) is 1. The van der Waals surface area contributed by atoms with Gasteiger partial charge in [0.05, 0.1) is 35.7 Å². The average Bonchev–Trinajstić information content (AvgIpc) is 3.36. The second-order valence-electron chi connectivity index (χ2n) is 10.2. The molecule has 2 aromatic rings. The maximum atomic E-state index is 13.7. The summed E-state index contributed by atoms with van der Waals surface area (Å²) in [4.78, 5) is 51.7. The molecule has 42 heavy (non-hydrogen) atoms. The van der Waals surface area contributed by atoms with Crippen molar-refractivity contribution in [3.05, 3.63) is 68.7 Å². The van der Waals surface area contributed by atoms with E-state index in [2.05, 4.69) is 5.32 Å². The molecule has 0 saturated carbocycles. The lowest BCUT2D eigenvalue weighted by Crippen LogP contribution is -2.55. The second-order valence-corrected chi connectivity index (χ2v) is 11.0. The number of halogens is 2. The number of fused-ring (bicyclic) bond motifs is 3. The van der Waals surface area contributed by atoms with Gasteiger partial charge in [0.15, 0.2) is 11.5 Å². The Morgan fingerprint density at radius 3 is 2.55 bits per heavy atom. The molecule has 4 rings (SSSR count). The van der Waals surface area contributed by atoms with Gasteiger partial charge >= 0.3 is 0 Å². The van der Waals surface area contributed by atoms with Crippen LogP contribution in [0.15, 0.2) is 42.0 Å². The Labute approximate surface area is 253 Å². The lowest BCUT2D eigenvalue weighted by molar-refractivity contribution is -0.138. The molecule has 12 heteroatoms. The molecule has 0 radical (unpaired) electrons. The van der Waals surface area contributed by atoms with Crippen LogP contribution < -0.4 is 14.8 Å². The van der Waals surface area contributed by atoms with E-state index in [1.54, 1.807) is 24.3 Å². The average molecular weight is 619 g/mol. The van der Waals surface area contributed by atoms with Crippen molar-refractivity contribution in [2.45, 2.75) is 56.9 Å². The fourth-order valence-electron chi connectivity index (χ4n) is 5.39. The van der Waals surface area contributed by atoms with E-state index in [0.29, 0.717) is 34.4 Å². The molecule has 10 nitrogen and oxygen atoms in total. The van der Waals surface area contributed by atoms with Gasteiger partial charge < -0.3 is 34.7 Å². The van der Waals surface area contributed by atoms with Crippen molar-refractivity contribution in [2.75, 3.05) is 20.3 Å². The van der Waals surface area contributed by atoms with Gasteiger partial charge in [-0.3, -0.25) is 14.4 Å². The highest BCUT2D eigenvalue weighted by molar-refractivity contribution is 6.42. The van der Waals surface area contributed by atoms with Gasteiger partial charge in [0.25, 0.3) is 0 Å². The molecule has 224 valence electrons. The zero-order valence-electron chi connectivity index (χ0n) is 23.1. The van der Waals surface area contributed by atoms with E-state index >= 15 is 0 Å². The first-order valence-corrected chi connectivity index (χ1v) is 14.2. The van der Waals surface area contributed by atoms with E-state index in [-0.39, 0.29) is 66.3 Å². The highest BCUT2D eigenvalue weighted by Crippen LogP contribution is 2.51. The largest absolute Gasteiger partial charge is 0.493 e. The first kappa shape index (κ1) is 31.5. The smallest absolute Gasteiger partial charge is 0.247 e. The van der Waals surface area contributed by atoms with Crippen molar-refractivity contribution in [1.82, 2.24) is 10.2 Å². The minimum Gasteiger partial charge on any atom is -0.493 e. The zero-order valence-corrected chi connectivity index (χ0v) is 24.7. The van der Waals surface area contributed by atoms with Crippen molar-refractivity contribution < 1.29 is 38.9 Å². The fourth-order valence-corrected chi connectivity index (χ4v) is 5.71. The minimum absolute atomic E-state index is 0.0164. The van der Waals surface area contributed by atoms with Crippen molar-refractivity contribution in [2.24, 2.45) is 0 Å². The third kappa shape index (κ3) is 6.62. The second kappa shape index (κ2) is 13.7. The number of hydrogen-bond donors (Lipinski definition) is 3. The predicted molar refractivity (Wildman–Crippen MR) is 155 cm³/mol. The molecule has 1 heterocycles. The van der Waals surface area contributed by atoms with Gasteiger partial charge in [0.2, 0.25) is 11.8 Å². The van der Waals surface area contributed by atoms with E-state index < -0.39 is 30.1 Å². The molecule has 4 unspecified atom stereocenters. The van der Waals surface area contributed by atoms with Gasteiger partial charge in [0.1, 0.15) is 24.3 Å². The van der Waals surface area contributed by atoms with Crippen LogP contribution in [0.25, 0.3) is 0 Å². The maximum Gasteiger partial charge on any atom is 0.247 e. The summed E-state index contributed by atoms with van der Waals surface area (Å²) in [5.74, 6) is -1.19. The van der Waals surface area contributed by atoms with Gasteiger partial charge in [-0.25, -0.2) is 0 Å². The fraction of sp³-hybridized carbons (Fsp3) is 0.400. The van der Waals surface area contributed by atoms with E-state index in [9.17, 15) is 29.4 Å². The highest BCUT2D eigenvalue weighted by Gasteiger charge is 2.51. The van der Waals surface area contributed by atoms with Crippen LogP contribution in [0.2, 0.25) is 10.0 Å². The summed E-state index contributed by atoms with van der Waals surface area (Å²) >= 11 is 12.3. The number of rotatable bonds is 12. The molecule has 0 aromatic heterocycles. The Morgan fingerprint density at radius 1 is 1.14 bits per heavy atom. The summed E-state index contributed by atoms with van der Waals surface area (Å²) in [7, 11) is 1.41. The number of carbonyl (C=O) groups is 4. The Kier molecular flexibility index (Phi) is 10.3. The monoisotopic (exact) mass is 618 g/mol. The lowest BCUT2D eigenvalue weighted by Gasteiger charge is -2.41. The van der Waals surface area contributed by atoms with E-state index in [4.69, 9.17) is 32.7 Å². The van der Waals surface area contributed by atoms with Gasteiger partial charge in [0, 0.05) is 42.6 Å². The normalized spacial score (nSPS) is 20.5. The molecule has 0 bridgehead atoms. The number of amides is 2. The SMILES string of the molecule is COc1cc(C=O)cc2c1OC1C2C(C(=O)NCCO)=CC(N(Cc2ccc(Cl)c(Cl)c2)C(=O)CCCC(C)=O)C1O. The van der Waals surface area contributed by atoms with E-state index in [1.165, 1.54) is 31.1 Å². The van der Waals surface area contributed by atoms with Crippen molar-refractivity contribution in [3.63, 3.8) is 0 Å². The first-order valence-electron chi connectivity index (χ1n) is 13.4. The summed E-state index contributed by atoms with van der Waals surface area (Å²) in [6.07, 6.45) is 0.399. The van der Waals surface area contributed by atoms with E-state index in [1.807, 2.05) is 0 Å². The molecule has 2 aromatic carbocycles. The van der Waals surface area contributed by atoms with E-state index in [0.717, 1.165) is 0 Å². The third-order valence-electron chi connectivity index (χ3n) is 7.35. The Morgan fingerprint density at radius 2 is 1.90 bits per heavy atom. The van der Waals surface area contributed by atoms with Crippen LogP contribution >= 0.6 is 23.2 Å². The summed E-state index contributed by atoms with van der Waals surface area (Å²) in [5, 5.41) is 24.3. The number of ether oxygens (including phenoxy) is 2. The van der Waals surface area contributed by atoms with Crippen LogP contribution in [0.5, 0.6) is 11.5 Å². The molecule has 2 amide bonds. The minimum atomic E-state index is -1.30. The number of nitrogens with zero attached hydrogens (tertiary/aromatic N) is 1. The van der Waals surface area contributed by atoms with Crippen LogP contribution in [-0.2, 0) is 20.9 Å². The molecule has 4 atom stereocenters. The number of ketones is 1. The Hall–Kier alpha value is -3.44. The number of aliphatic hydroxyl groups is 2. The Bertz CT molecular complexity index is 1410. The molecule has 3 N–H and O–H groups in total. The van der Waals surface area contributed by atoms with Crippen LogP contribution in [0.1, 0.15) is 53.6 Å². The van der Waals surface area contributed by atoms with Crippen LogP contribution in [0, 0.1) is 0 Å². The van der Waals surface area contributed by atoms with Crippen molar-refractivity contribution in [1.29, 1.82) is 0 Å². The summed E-state index contributed by atoms with van der Waals surface area (Å²) in [6, 6.07) is 6.97. The number of aldehydes is 1. The molecule has 0 spiro atoms. The quantitative estimate of drug-likeness (QED) is 0.308. The zero-order chi connectivity index (χ0) is 30.6. The summed E-state index contributed by atoms with van der Waals surface area (Å²) in [6.45, 7) is 1.14. The predicted octanol–water partition coefficient (Wildman–Crippen LogP) is 3.23. The summed E-state index contributed by atoms with van der Waals surface area (Å²) in [5.41, 5.74) is 1.60. The molecule has 1 aliphatic carbocycles. The third-order valence-corrected chi connectivity index (χ3v) is 8.09. The highest BCUT2D eigenvalue weighted by atomic mass is 35.5. The van der Waals surface area contributed by atoms with Gasteiger partial charge in [-0.05, 0) is 49.2 Å². The molecular weight excluding hydrogens is 587 g/mol. The molecular formula is C30H32Cl2N2O8. The standard InChI is InChI=1S/C30H32Cl2N2O8/c1-16(37)4-3-5-25(38)34(14-17-6-7-21(31)22(32)11-17)23-13-20(30(40)33-8-9-35)26-19-10-18(15-36)12-24(41-2)28(19)42-29(26)27(23)39/h6-7,10-13,15,23,26-27,29,35,39H,3-5,8-9,14H2,1-2H3,(H,33,40). The van der Waals surface area contributed by atoms with Gasteiger partial charge in [-0.1, -0.05) is 29.3 Å². The van der Waals surface area contributed by atoms with Crippen LogP contribution in [0.4, 0.5) is 0 Å². The summed E-state index contributed by atoms with van der Waals surface area (Å²) < 4.78 is 11.6. The van der Waals surface area contributed by atoms with Gasteiger partial charge in [-0.2, -0.15) is 0 Å². The van der Waals surface area contributed by atoms with Crippen molar-refractivity contribution in [3.8, 4) is 11.5 Å². The topological polar surface area (TPSA) is 142 Å². The number of aliphatic hydroxyl groups excluding tert-OH is 2. The molecule has 0 saturated heterocycles. The lowest BCUT2D eigenvalue weighted by atomic mass is 9.77. The first-order chi connectivity index (χ1) is 20.1. The van der Waals surface area contributed by atoms with Gasteiger partial charge in [-0.15, -0.1) is 0 Å².